The van der Waals surface area contributed by atoms with Crippen LogP contribution in [0.15, 0.2) is 145 Å². The van der Waals surface area contributed by atoms with Crippen LogP contribution in [-0.2, 0) is 31.2 Å². The molecule has 9 rings (SSSR count). The van der Waals surface area contributed by atoms with Gasteiger partial charge in [-0.25, -0.2) is 4.90 Å². The standard InChI is InChI=1S/C45H35ClN2O6/c46-29-15-10-18-31(23-29)48-42(51)37-25-36-33(21-22-35-39(36)43(52)47(41(35)50)30-16-8-3-9-17-30)40(45(37,44(48)53)28-13-6-2-7-14-28)34-20-19-32(24-38(34)49)54-26-27-11-4-1-5-12-27/h1-21,23-24,35-37,39-40,49H,22,25-26H2. The summed E-state index contributed by atoms with van der Waals surface area (Å²) in [6.45, 7) is 0.283. The number of amides is 4. The summed E-state index contributed by atoms with van der Waals surface area (Å²) in [6, 6.07) is 39.5. The predicted molar refractivity (Wildman–Crippen MR) is 204 cm³/mol. The van der Waals surface area contributed by atoms with E-state index in [0.29, 0.717) is 33.3 Å². The molecule has 4 aliphatic rings. The summed E-state index contributed by atoms with van der Waals surface area (Å²) in [5, 5.41) is 12.4. The monoisotopic (exact) mass is 734 g/mol. The van der Waals surface area contributed by atoms with Crippen molar-refractivity contribution in [2.75, 3.05) is 9.80 Å². The van der Waals surface area contributed by atoms with Gasteiger partial charge in [0.1, 0.15) is 18.1 Å². The molecule has 2 aliphatic heterocycles. The van der Waals surface area contributed by atoms with Crippen molar-refractivity contribution in [3.8, 4) is 11.5 Å². The Balaban J connectivity index is 1.22. The van der Waals surface area contributed by atoms with Crippen LogP contribution >= 0.6 is 11.6 Å². The summed E-state index contributed by atoms with van der Waals surface area (Å²) in [5.74, 6) is -4.91. The van der Waals surface area contributed by atoms with Crippen LogP contribution in [0.5, 0.6) is 11.5 Å². The SMILES string of the molecule is O=C1C2CC=C3C(CC4C(=O)N(c5cccc(Cl)c5)C(=O)C4(c4ccccc4)C3c3ccc(OCc4ccccc4)cc3O)C2C(=O)N1c1ccccc1. The molecule has 6 atom stereocenters. The highest BCUT2D eigenvalue weighted by Gasteiger charge is 2.70. The van der Waals surface area contributed by atoms with Gasteiger partial charge in [0.2, 0.25) is 23.6 Å². The number of nitrogens with zero attached hydrogens (tertiary/aromatic N) is 2. The lowest BCUT2D eigenvalue weighted by atomic mass is 9.49. The van der Waals surface area contributed by atoms with E-state index in [2.05, 4.69) is 0 Å². The van der Waals surface area contributed by atoms with Crippen molar-refractivity contribution in [3.63, 3.8) is 0 Å². The minimum absolute atomic E-state index is 0.107. The van der Waals surface area contributed by atoms with E-state index in [-0.39, 0.29) is 37.0 Å². The van der Waals surface area contributed by atoms with Crippen LogP contribution in [0.2, 0.25) is 5.02 Å². The highest BCUT2D eigenvalue weighted by Crippen LogP contribution is 2.65. The molecule has 5 aromatic carbocycles. The highest BCUT2D eigenvalue weighted by molar-refractivity contribution is 6.32. The van der Waals surface area contributed by atoms with Crippen molar-refractivity contribution in [1.82, 2.24) is 0 Å². The fourth-order valence-corrected chi connectivity index (χ4v) is 9.70. The molecular formula is C45H35ClN2O6. The number of fused-ring (bicyclic) bond motifs is 4. The molecule has 54 heavy (non-hydrogen) atoms. The number of allylic oxidation sites excluding steroid dienone is 2. The van der Waals surface area contributed by atoms with E-state index in [1.807, 2.05) is 72.8 Å². The number of carbonyl (C=O) groups is 4. The first-order valence-corrected chi connectivity index (χ1v) is 18.5. The van der Waals surface area contributed by atoms with Crippen LogP contribution in [0.3, 0.4) is 0 Å². The molecule has 268 valence electrons. The molecule has 0 aromatic heterocycles. The van der Waals surface area contributed by atoms with Gasteiger partial charge < -0.3 is 9.84 Å². The van der Waals surface area contributed by atoms with Crippen LogP contribution in [0.25, 0.3) is 0 Å². The number of para-hydroxylation sites is 1. The zero-order chi connectivity index (χ0) is 37.1. The Labute approximate surface area is 317 Å². The van der Waals surface area contributed by atoms with Crippen molar-refractivity contribution < 1.29 is 29.0 Å². The van der Waals surface area contributed by atoms with E-state index in [4.69, 9.17) is 16.3 Å². The molecular weight excluding hydrogens is 700 g/mol. The van der Waals surface area contributed by atoms with E-state index in [1.54, 1.807) is 66.7 Å². The summed E-state index contributed by atoms with van der Waals surface area (Å²) in [6.07, 6.45) is 2.41. The molecule has 5 aromatic rings. The van der Waals surface area contributed by atoms with E-state index in [0.717, 1.165) is 11.1 Å². The number of phenolic OH excluding ortho intramolecular Hbond substituents is 1. The maximum Gasteiger partial charge on any atom is 0.246 e. The molecule has 0 bridgehead atoms. The van der Waals surface area contributed by atoms with Crippen LogP contribution in [0.1, 0.15) is 35.4 Å². The lowest BCUT2D eigenvalue weighted by Gasteiger charge is -2.50. The summed E-state index contributed by atoms with van der Waals surface area (Å²) < 4.78 is 6.07. The lowest BCUT2D eigenvalue weighted by molar-refractivity contribution is -0.127. The number of phenols is 1. The number of ether oxygens (including phenoxy) is 1. The number of imide groups is 2. The van der Waals surface area contributed by atoms with Crippen LogP contribution in [-0.4, -0.2) is 28.7 Å². The van der Waals surface area contributed by atoms with Crippen LogP contribution in [0, 0.1) is 23.7 Å². The first-order chi connectivity index (χ1) is 26.3. The van der Waals surface area contributed by atoms with Crippen molar-refractivity contribution >= 4 is 46.6 Å². The Morgan fingerprint density at radius 1 is 0.704 bits per heavy atom. The normalized spacial score (nSPS) is 25.9. The van der Waals surface area contributed by atoms with E-state index in [1.165, 1.54) is 9.80 Å². The average Bonchev–Trinajstić information content (AvgIpc) is 3.59. The van der Waals surface area contributed by atoms with Crippen molar-refractivity contribution in [2.24, 2.45) is 23.7 Å². The molecule has 2 saturated heterocycles. The van der Waals surface area contributed by atoms with Gasteiger partial charge in [-0.1, -0.05) is 114 Å². The van der Waals surface area contributed by atoms with Crippen molar-refractivity contribution in [2.45, 2.75) is 30.8 Å². The van der Waals surface area contributed by atoms with E-state index < -0.39 is 46.8 Å². The van der Waals surface area contributed by atoms with Gasteiger partial charge in [0.05, 0.1) is 34.5 Å². The Morgan fingerprint density at radius 2 is 1.39 bits per heavy atom. The van der Waals surface area contributed by atoms with Crippen LogP contribution < -0.4 is 14.5 Å². The molecule has 1 N–H and O–H groups in total. The fraction of sp³-hybridized carbons (Fsp3) is 0.200. The number of halogens is 1. The highest BCUT2D eigenvalue weighted by atomic mass is 35.5. The van der Waals surface area contributed by atoms with Crippen LogP contribution in [0.4, 0.5) is 11.4 Å². The Bertz CT molecular complexity index is 2350. The fourth-order valence-electron chi connectivity index (χ4n) is 9.52. The minimum Gasteiger partial charge on any atom is -0.508 e. The maximum absolute atomic E-state index is 15.5. The second-order valence-electron chi connectivity index (χ2n) is 14.4. The lowest BCUT2D eigenvalue weighted by Crippen LogP contribution is -2.53. The number of benzene rings is 5. The van der Waals surface area contributed by atoms with Gasteiger partial charge in [-0.2, -0.15) is 0 Å². The number of carbonyl (C=O) groups excluding carboxylic acids is 4. The Morgan fingerprint density at radius 3 is 2.09 bits per heavy atom. The third-order valence-electron chi connectivity index (χ3n) is 11.7. The molecule has 9 heteroatoms. The van der Waals surface area contributed by atoms with Crippen molar-refractivity contribution in [3.05, 3.63) is 167 Å². The molecule has 0 radical (unpaired) electrons. The van der Waals surface area contributed by atoms with Crippen molar-refractivity contribution in [1.29, 1.82) is 0 Å². The Hall–Kier alpha value is -5.99. The Kier molecular flexibility index (Phi) is 8.23. The zero-order valence-electron chi connectivity index (χ0n) is 29.0. The average molecular weight is 735 g/mol. The molecule has 2 aliphatic carbocycles. The summed E-state index contributed by atoms with van der Waals surface area (Å²) >= 11 is 6.43. The number of rotatable bonds is 7. The molecule has 2 heterocycles. The topological polar surface area (TPSA) is 104 Å². The van der Waals surface area contributed by atoms with E-state index in [9.17, 15) is 19.5 Å². The van der Waals surface area contributed by atoms with Gasteiger partial charge in [-0.05, 0) is 66.3 Å². The number of hydrogen-bond acceptors (Lipinski definition) is 6. The quantitative estimate of drug-likeness (QED) is 0.134. The smallest absolute Gasteiger partial charge is 0.246 e. The van der Waals surface area contributed by atoms with Gasteiger partial charge in [-0.15, -0.1) is 0 Å². The van der Waals surface area contributed by atoms with Gasteiger partial charge in [0, 0.05) is 22.6 Å². The molecule has 3 fully saturated rings. The number of aromatic hydroxyl groups is 1. The number of anilines is 2. The van der Waals surface area contributed by atoms with Gasteiger partial charge in [-0.3, -0.25) is 24.1 Å². The zero-order valence-corrected chi connectivity index (χ0v) is 29.8. The van der Waals surface area contributed by atoms with E-state index >= 15 is 4.79 Å². The largest absolute Gasteiger partial charge is 0.508 e. The molecule has 1 saturated carbocycles. The van der Waals surface area contributed by atoms with Gasteiger partial charge in [0.25, 0.3) is 0 Å². The summed E-state index contributed by atoms with van der Waals surface area (Å²) in [5.41, 5.74) is 2.09. The molecule has 0 spiro atoms. The maximum atomic E-state index is 15.5. The number of hydrogen-bond donors (Lipinski definition) is 1. The first kappa shape index (κ1) is 33.8. The third kappa shape index (κ3) is 5.11. The summed E-state index contributed by atoms with van der Waals surface area (Å²) in [4.78, 5) is 61.4. The molecule has 8 nitrogen and oxygen atoms in total. The van der Waals surface area contributed by atoms with Gasteiger partial charge >= 0.3 is 0 Å². The second-order valence-corrected chi connectivity index (χ2v) is 14.9. The summed E-state index contributed by atoms with van der Waals surface area (Å²) in [7, 11) is 0. The first-order valence-electron chi connectivity index (χ1n) is 18.1. The molecule has 6 unspecified atom stereocenters. The minimum atomic E-state index is -1.51. The van der Waals surface area contributed by atoms with Gasteiger partial charge in [0.15, 0.2) is 0 Å². The molecule has 4 amide bonds. The third-order valence-corrected chi connectivity index (χ3v) is 12.0. The predicted octanol–water partition coefficient (Wildman–Crippen LogP) is 7.99. The second kappa shape index (κ2) is 13.1.